The summed E-state index contributed by atoms with van der Waals surface area (Å²) in [5.74, 6) is 4.29. The quantitative estimate of drug-likeness (QED) is 0.592. The average molecular weight is 297 g/mol. The van der Waals surface area contributed by atoms with Gasteiger partial charge in [0.15, 0.2) is 0 Å². The summed E-state index contributed by atoms with van der Waals surface area (Å²) in [4.78, 5) is 10.9. The molecule has 2 N–H and O–H groups in total. The van der Waals surface area contributed by atoms with Gasteiger partial charge in [0.2, 0.25) is 10.0 Å². The maximum atomic E-state index is 12.1. The summed E-state index contributed by atoms with van der Waals surface area (Å²) in [5, 5.41) is 8.70. The summed E-state index contributed by atoms with van der Waals surface area (Å²) in [6.07, 6.45) is 0. The van der Waals surface area contributed by atoms with Crippen LogP contribution in [0.2, 0.25) is 0 Å². The van der Waals surface area contributed by atoms with Gasteiger partial charge in [-0.1, -0.05) is 17.9 Å². The number of benzene rings is 1. The minimum absolute atomic E-state index is 0.0482. The van der Waals surface area contributed by atoms with Crippen molar-refractivity contribution in [2.75, 3.05) is 20.3 Å². The first-order chi connectivity index (χ1) is 9.40. The number of aryl methyl sites for hydroxylation is 1. The van der Waals surface area contributed by atoms with Crippen LogP contribution in [0.15, 0.2) is 23.1 Å². The summed E-state index contributed by atoms with van der Waals surface area (Å²) in [6.45, 7) is 0.963. The monoisotopic (exact) mass is 297 g/mol. The molecule has 0 atom stereocenters. The molecule has 1 aromatic rings. The van der Waals surface area contributed by atoms with Crippen LogP contribution < -0.4 is 4.72 Å². The van der Waals surface area contributed by atoms with E-state index in [4.69, 9.17) is 5.11 Å². The van der Waals surface area contributed by atoms with Crippen molar-refractivity contribution in [2.24, 2.45) is 0 Å². The largest absolute Gasteiger partial charge is 0.468 e. The number of carbonyl (C=O) groups is 1. The van der Waals surface area contributed by atoms with Gasteiger partial charge in [-0.25, -0.2) is 8.42 Å². The van der Waals surface area contributed by atoms with Gasteiger partial charge < -0.3 is 9.84 Å². The first-order valence-electron chi connectivity index (χ1n) is 5.67. The zero-order valence-electron chi connectivity index (χ0n) is 11.1. The van der Waals surface area contributed by atoms with Crippen LogP contribution in [0, 0.1) is 18.8 Å². The van der Waals surface area contributed by atoms with Crippen LogP contribution in [-0.2, 0) is 19.6 Å². The van der Waals surface area contributed by atoms with E-state index >= 15 is 0 Å². The molecule has 0 radical (unpaired) electrons. The minimum atomic E-state index is -3.88. The number of rotatable bonds is 4. The molecule has 0 aliphatic heterocycles. The van der Waals surface area contributed by atoms with Crippen LogP contribution in [0.1, 0.15) is 11.1 Å². The molecule has 1 rings (SSSR count). The summed E-state index contributed by atoms with van der Waals surface area (Å²) >= 11 is 0. The number of carbonyl (C=O) groups excluding carboxylic acids is 1. The molecule has 0 aromatic heterocycles. The summed E-state index contributed by atoms with van der Waals surface area (Å²) in [5.41, 5.74) is 1.09. The van der Waals surface area contributed by atoms with E-state index in [0.717, 1.165) is 5.56 Å². The molecule has 0 heterocycles. The molecule has 0 aliphatic rings. The molecule has 0 aliphatic carbocycles. The lowest BCUT2D eigenvalue weighted by atomic mass is 10.1. The highest BCUT2D eigenvalue weighted by atomic mass is 32.2. The Kier molecular flexibility index (Phi) is 5.70. The van der Waals surface area contributed by atoms with Crippen LogP contribution in [0.4, 0.5) is 0 Å². The molecule has 0 spiro atoms. The number of methoxy groups -OCH3 is 1. The van der Waals surface area contributed by atoms with E-state index in [0.29, 0.717) is 0 Å². The molecule has 0 fully saturated rings. The van der Waals surface area contributed by atoms with Gasteiger partial charge in [-0.05, 0) is 24.6 Å². The smallest absolute Gasteiger partial charge is 0.320 e. The summed E-state index contributed by atoms with van der Waals surface area (Å²) < 4.78 is 30.7. The molecule has 0 saturated heterocycles. The topological polar surface area (TPSA) is 92.7 Å². The van der Waals surface area contributed by atoms with Crippen molar-refractivity contribution < 1.29 is 23.1 Å². The van der Waals surface area contributed by atoms with Crippen molar-refractivity contribution in [2.45, 2.75) is 11.8 Å². The molecule has 0 bridgehead atoms. The van der Waals surface area contributed by atoms with E-state index in [-0.39, 0.29) is 17.1 Å². The molecule has 6 nitrogen and oxygen atoms in total. The van der Waals surface area contributed by atoms with E-state index in [1.807, 2.05) is 0 Å². The Labute approximate surface area is 117 Å². The lowest BCUT2D eigenvalue weighted by molar-refractivity contribution is -0.139. The Hall–Kier alpha value is -1.88. The maximum absolute atomic E-state index is 12.1. The second-order valence-electron chi connectivity index (χ2n) is 3.86. The molecule has 0 amide bonds. The molecular weight excluding hydrogens is 282 g/mol. The van der Waals surface area contributed by atoms with Gasteiger partial charge in [-0.15, -0.1) is 0 Å². The van der Waals surface area contributed by atoms with Crippen molar-refractivity contribution in [1.82, 2.24) is 4.72 Å². The third-order valence-corrected chi connectivity index (χ3v) is 3.82. The van der Waals surface area contributed by atoms with E-state index in [2.05, 4.69) is 21.3 Å². The average Bonchev–Trinajstić information content (AvgIpc) is 2.42. The summed E-state index contributed by atoms with van der Waals surface area (Å²) in [7, 11) is -2.71. The van der Waals surface area contributed by atoms with Crippen LogP contribution in [0.5, 0.6) is 0 Å². The van der Waals surface area contributed by atoms with E-state index in [1.54, 1.807) is 19.1 Å². The van der Waals surface area contributed by atoms with Gasteiger partial charge in [0.1, 0.15) is 13.2 Å². The minimum Gasteiger partial charge on any atom is -0.468 e. The molecule has 108 valence electrons. The molecule has 20 heavy (non-hydrogen) atoms. The Bertz CT molecular complexity index is 655. The highest BCUT2D eigenvalue weighted by Gasteiger charge is 2.19. The number of aliphatic hydroxyl groups excluding tert-OH is 1. The van der Waals surface area contributed by atoms with E-state index in [1.165, 1.54) is 13.2 Å². The molecular formula is C13H15NO5S. The molecule has 0 unspecified atom stereocenters. The lowest BCUT2D eigenvalue weighted by Crippen LogP contribution is -2.30. The zero-order valence-corrected chi connectivity index (χ0v) is 12.0. The van der Waals surface area contributed by atoms with Crippen molar-refractivity contribution in [3.05, 3.63) is 29.3 Å². The van der Waals surface area contributed by atoms with Gasteiger partial charge in [0.05, 0.1) is 12.0 Å². The van der Waals surface area contributed by atoms with Gasteiger partial charge in [-0.3, -0.25) is 4.79 Å². The highest BCUT2D eigenvalue weighted by Crippen LogP contribution is 2.16. The highest BCUT2D eigenvalue weighted by molar-refractivity contribution is 7.89. The van der Waals surface area contributed by atoms with Crippen LogP contribution in [0.3, 0.4) is 0 Å². The van der Waals surface area contributed by atoms with Crippen molar-refractivity contribution in [1.29, 1.82) is 0 Å². The molecule has 1 aromatic carbocycles. The predicted octanol–water partition coefficient (Wildman–Crippen LogP) is -0.210. The van der Waals surface area contributed by atoms with E-state index in [9.17, 15) is 13.2 Å². The van der Waals surface area contributed by atoms with Crippen LogP contribution in [-0.4, -0.2) is 39.8 Å². The Balaban J connectivity index is 3.14. The number of aliphatic hydroxyl groups is 1. The van der Waals surface area contributed by atoms with Gasteiger partial charge >= 0.3 is 5.97 Å². The lowest BCUT2D eigenvalue weighted by Gasteiger charge is -2.08. The Morgan fingerprint density at radius 1 is 1.45 bits per heavy atom. The number of esters is 1. The first-order valence-corrected chi connectivity index (χ1v) is 7.16. The fraction of sp³-hybridized carbons (Fsp3) is 0.308. The Morgan fingerprint density at radius 2 is 2.15 bits per heavy atom. The SMILES string of the molecule is COC(=O)CNS(=O)(=O)c1ccc(C)cc1C#CCO. The fourth-order valence-electron chi connectivity index (χ4n) is 1.41. The standard InChI is InChI=1S/C13H15NO5S/c1-10-5-6-12(11(8-10)4-3-7-15)20(17,18)14-9-13(16)19-2/h5-6,8,14-15H,7,9H2,1-2H3. The van der Waals surface area contributed by atoms with Gasteiger partial charge in [-0.2, -0.15) is 4.72 Å². The number of ether oxygens (including phenoxy) is 1. The normalized spacial score (nSPS) is 10.6. The third kappa shape index (κ3) is 4.35. The van der Waals surface area contributed by atoms with Crippen molar-refractivity contribution >= 4 is 16.0 Å². The van der Waals surface area contributed by atoms with Crippen LogP contribution in [0.25, 0.3) is 0 Å². The zero-order chi connectivity index (χ0) is 15.2. The second kappa shape index (κ2) is 7.05. The fourth-order valence-corrected chi connectivity index (χ4v) is 2.52. The third-order valence-electron chi connectivity index (χ3n) is 2.36. The van der Waals surface area contributed by atoms with Gasteiger partial charge in [0.25, 0.3) is 0 Å². The molecule has 7 heteroatoms. The van der Waals surface area contributed by atoms with Crippen molar-refractivity contribution in [3.8, 4) is 11.8 Å². The van der Waals surface area contributed by atoms with Crippen molar-refractivity contribution in [3.63, 3.8) is 0 Å². The second-order valence-corrected chi connectivity index (χ2v) is 5.60. The first kappa shape index (κ1) is 16.2. The van der Waals surface area contributed by atoms with Gasteiger partial charge in [0, 0.05) is 5.56 Å². The Morgan fingerprint density at radius 3 is 2.75 bits per heavy atom. The molecule has 0 saturated carbocycles. The predicted molar refractivity (Wildman–Crippen MR) is 72.3 cm³/mol. The number of nitrogens with one attached hydrogen (secondary N) is 1. The summed E-state index contributed by atoms with van der Waals surface area (Å²) in [6, 6.07) is 4.61. The number of hydrogen-bond acceptors (Lipinski definition) is 5. The maximum Gasteiger partial charge on any atom is 0.320 e. The van der Waals surface area contributed by atoms with Crippen LogP contribution >= 0.6 is 0 Å². The number of sulfonamides is 1. The number of hydrogen-bond donors (Lipinski definition) is 2. The van der Waals surface area contributed by atoms with E-state index < -0.39 is 22.5 Å².